The molecule has 0 radical (unpaired) electrons. The van der Waals surface area contributed by atoms with Gasteiger partial charge in [0.2, 0.25) is 0 Å². The molecule has 4 heteroatoms. The summed E-state index contributed by atoms with van der Waals surface area (Å²) in [6.45, 7) is 4.89. The minimum Gasteiger partial charge on any atom is -0.378 e. The molecule has 0 saturated carbocycles. The summed E-state index contributed by atoms with van der Waals surface area (Å²) in [6, 6.07) is 0. The monoisotopic (exact) mass is 264 g/mol. The highest BCUT2D eigenvalue weighted by molar-refractivity contribution is 5.81. The number of ether oxygens (including phenoxy) is 1. The fourth-order valence-corrected chi connectivity index (χ4v) is 2.76. The first-order chi connectivity index (χ1) is 9.08. The number of hydrogen-bond donors (Lipinski definition) is 0. The molecule has 0 amide bonds. The topological polar surface area (TPSA) is 44.1 Å². The lowest BCUT2D eigenvalue weighted by Gasteiger charge is -2.08. The molecule has 0 N–H and O–H groups in total. The van der Waals surface area contributed by atoms with E-state index < -0.39 is 0 Å². The number of carbonyl (C=O) groups is 1. The van der Waals surface area contributed by atoms with Crippen molar-refractivity contribution in [2.75, 3.05) is 6.61 Å². The van der Waals surface area contributed by atoms with Crippen LogP contribution in [0.3, 0.4) is 0 Å². The largest absolute Gasteiger partial charge is 0.378 e. The molecule has 0 bridgehead atoms. The Hall–Kier alpha value is -1.16. The van der Waals surface area contributed by atoms with Gasteiger partial charge in [-0.25, -0.2) is 0 Å². The van der Waals surface area contributed by atoms with Gasteiger partial charge in [-0.15, -0.1) is 0 Å². The third kappa shape index (κ3) is 3.66. The number of ketones is 1. The van der Waals surface area contributed by atoms with Crippen molar-refractivity contribution in [3.63, 3.8) is 0 Å². The second-order valence-electron chi connectivity index (χ2n) is 5.52. The van der Waals surface area contributed by atoms with E-state index >= 15 is 0 Å². The van der Waals surface area contributed by atoms with E-state index in [1.807, 2.05) is 25.6 Å². The Kier molecular flexibility index (Phi) is 4.75. The van der Waals surface area contributed by atoms with E-state index in [1.54, 1.807) is 0 Å². The number of hydrogen-bond acceptors (Lipinski definition) is 3. The summed E-state index contributed by atoms with van der Waals surface area (Å²) in [5, 5.41) is 4.35. The zero-order valence-corrected chi connectivity index (χ0v) is 12.2. The average molecular weight is 264 g/mol. The molecule has 2 heterocycles. The van der Waals surface area contributed by atoms with Gasteiger partial charge >= 0.3 is 0 Å². The highest BCUT2D eigenvalue weighted by Gasteiger charge is 2.17. The van der Waals surface area contributed by atoms with Gasteiger partial charge in [0.25, 0.3) is 0 Å². The van der Waals surface area contributed by atoms with Crippen LogP contribution in [0.15, 0.2) is 0 Å². The second-order valence-corrected chi connectivity index (χ2v) is 5.52. The SMILES string of the molecule is Cc1nn(C)c(C)c1CC(=O)CCCC1CCCO1. The summed E-state index contributed by atoms with van der Waals surface area (Å²) in [7, 11) is 1.92. The minimum absolute atomic E-state index is 0.317. The van der Waals surface area contributed by atoms with Gasteiger partial charge in [0, 0.05) is 37.8 Å². The van der Waals surface area contributed by atoms with Crippen LogP contribution in [0.25, 0.3) is 0 Å². The Labute approximate surface area is 115 Å². The van der Waals surface area contributed by atoms with Gasteiger partial charge in [0.05, 0.1) is 11.8 Å². The van der Waals surface area contributed by atoms with E-state index in [4.69, 9.17) is 4.74 Å². The molecule has 106 valence electrons. The number of Topliss-reactive ketones (excluding diaryl/α,β-unsaturated/α-hetero) is 1. The summed E-state index contributed by atoms with van der Waals surface area (Å²) in [5.41, 5.74) is 3.18. The summed E-state index contributed by atoms with van der Waals surface area (Å²) in [4.78, 5) is 12.0. The maximum atomic E-state index is 12.0. The molecule has 0 spiro atoms. The lowest BCUT2D eigenvalue weighted by molar-refractivity contribution is -0.118. The number of aromatic nitrogens is 2. The van der Waals surface area contributed by atoms with Crippen LogP contribution in [0.2, 0.25) is 0 Å². The smallest absolute Gasteiger partial charge is 0.137 e. The summed E-state index contributed by atoms with van der Waals surface area (Å²) in [6.07, 6.45) is 5.89. The van der Waals surface area contributed by atoms with Gasteiger partial charge in [-0.2, -0.15) is 5.10 Å². The third-order valence-corrected chi connectivity index (χ3v) is 4.04. The summed E-state index contributed by atoms with van der Waals surface area (Å²) >= 11 is 0. The van der Waals surface area contributed by atoms with Gasteiger partial charge in [0.1, 0.15) is 5.78 Å². The van der Waals surface area contributed by atoms with Crippen molar-refractivity contribution in [2.24, 2.45) is 7.05 Å². The fourth-order valence-electron chi connectivity index (χ4n) is 2.76. The van der Waals surface area contributed by atoms with Crippen LogP contribution in [0, 0.1) is 13.8 Å². The maximum Gasteiger partial charge on any atom is 0.137 e. The van der Waals surface area contributed by atoms with E-state index in [2.05, 4.69) is 5.10 Å². The molecule has 0 aliphatic carbocycles. The molecule has 1 aromatic heterocycles. The standard InChI is InChI=1S/C15H24N2O2/c1-11-15(12(2)17(3)16-11)10-13(18)6-4-7-14-8-5-9-19-14/h14H,4-10H2,1-3H3. The lowest BCUT2D eigenvalue weighted by Crippen LogP contribution is -2.08. The molecule has 1 unspecified atom stereocenters. The Morgan fingerprint density at radius 3 is 2.84 bits per heavy atom. The van der Waals surface area contributed by atoms with E-state index in [0.717, 1.165) is 42.8 Å². The maximum absolute atomic E-state index is 12.0. The zero-order chi connectivity index (χ0) is 13.8. The van der Waals surface area contributed by atoms with Crippen molar-refractivity contribution in [3.05, 3.63) is 17.0 Å². The van der Waals surface area contributed by atoms with Crippen molar-refractivity contribution < 1.29 is 9.53 Å². The van der Waals surface area contributed by atoms with Crippen molar-refractivity contribution in [2.45, 2.75) is 58.5 Å². The number of carbonyl (C=O) groups excluding carboxylic acids is 1. The first-order valence-corrected chi connectivity index (χ1v) is 7.20. The summed E-state index contributed by atoms with van der Waals surface area (Å²) in [5.74, 6) is 0.317. The number of aryl methyl sites for hydroxylation is 2. The predicted molar refractivity (Wildman–Crippen MR) is 74.2 cm³/mol. The molecule has 1 saturated heterocycles. The van der Waals surface area contributed by atoms with Gasteiger partial charge in [-0.05, 0) is 39.5 Å². The molecule has 0 aromatic carbocycles. The van der Waals surface area contributed by atoms with Crippen molar-refractivity contribution >= 4 is 5.78 Å². The van der Waals surface area contributed by atoms with E-state index in [1.165, 1.54) is 6.42 Å². The predicted octanol–water partition coefficient (Wildman–Crippen LogP) is 2.50. The molecular formula is C15H24N2O2. The molecule has 2 rings (SSSR count). The van der Waals surface area contributed by atoms with Crippen LogP contribution in [0.4, 0.5) is 0 Å². The highest BCUT2D eigenvalue weighted by Crippen LogP contribution is 2.19. The third-order valence-electron chi connectivity index (χ3n) is 4.04. The van der Waals surface area contributed by atoms with Crippen LogP contribution in [0.5, 0.6) is 0 Å². The molecule has 1 atom stereocenters. The molecular weight excluding hydrogens is 240 g/mol. The van der Waals surface area contributed by atoms with Crippen molar-refractivity contribution in [1.29, 1.82) is 0 Å². The first kappa shape index (κ1) is 14.3. The molecule has 1 aromatic rings. The van der Waals surface area contributed by atoms with Crippen LogP contribution < -0.4 is 0 Å². The number of rotatable bonds is 6. The molecule has 4 nitrogen and oxygen atoms in total. The molecule has 1 fully saturated rings. The van der Waals surface area contributed by atoms with E-state index in [9.17, 15) is 4.79 Å². The fraction of sp³-hybridized carbons (Fsp3) is 0.733. The quantitative estimate of drug-likeness (QED) is 0.793. The van der Waals surface area contributed by atoms with Crippen LogP contribution in [-0.2, 0) is 23.0 Å². The van der Waals surface area contributed by atoms with Gasteiger partial charge in [-0.1, -0.05) is 0 Å². The molecule has 1 aliphatic heterocycles. The first-order valence-electron chi connectivity index (χ1n) is 7.20. The van der Waals surface area contributed by atoms with Crippen LogP contribution in [0.1, 0.15) is 49.1 Å². The highest BCUT2D eigenvalue weighted by atomic mass is 16.5. The van der Waals surface area contributed by atoms with Crippen molar-refractivity contribution in [3.8, 4) is 0 Å². The Morgan fingerprint density at radius 1 is 1.47 bits per heavy atom. The Bertz CT molecular complexity index is 445. The lowest BCUT2D eigenvalue weighted by atomic mass is 10.0. The zero-order valence-electron chi connectivity index (χ0n) is 12.2. The van der Waals surface area contributed by atoms with Gasteiger partial charge < -0.3 is 4.74 Å². The van der Waals surface area contributed by atoms with E-state index in [-0.39, 0.29) is 0 Å². The Balaban J connectivity index is 1.77. The molecule has 1 aliphatic rings. The summed E-state index contributed by atoms with van der Waals surface area (Å²) < 4.78 is 7.42. The van der Waals surface area contributed by atoms with Crippen LogP contribution >= 0.6 is 0 Å². The normalized spacial score (nSPS) is 19.0. The second kappa shape index (κ2) is 6.33. The van der Waals surface area contributed by atoms with Crippen LogP contribution in [-0.4, -0.2) is 28.3 Å². The van der Waals surface area contributed by atoms with Gasteiger partial charge in [0.15, 0.2) is 0 Å². The van der Waals surface area contributed by atoms with Crippen molar-refractivity contribution in [1.82, 2.24) is 9.78 Å². The minimum atomic E-state index is 0.317. The Morgan fingerprint density at radius 2 is 2.26 bits per heavy atom. The van der Waals surface area contributed by atoms with E-state index in [0.29, 0.717) is 24.7 Å². The van der Waals surface area contributed by atoms with Gasteiger partial charge in [-0.3, -0.25) is 9.48 Å². The average Bonchev–Trinajstić information content (AvgIpc) is 2.94. The number of nitrogens with zero attached hydrogens (tertiary/aromatic N) is 2. The molecule has 19 heavy (non-hydrogen) atoms.